The average molecular weight is 269 g/mol. The Kier molecular flexibility index (Phi) is 5.94. The molecule has 1 unspecified atom stereocenters. The van der Waals surface area contributed by atoms with E-state index in [1.54, 1.807) is 6.92 Å². The number of hydrogen-bond acceptors (Lipinski definition) is 5. The van der Waals surface area contributed by atoms with Crippen molar-refractivity contribution in [1.29, 1.82) is 0 Å². The van der Waals surface area contributed by atoms with Crippen LogP contribution in [0.3, 0.4) is 0 Å². The number of aromatic carboxylic acids is 1. The fourth-order valence-electron chi connectivity index (χ4n) is 1.40. The molecular formula is C11H19N5O3. The number of carbonyl (C=O) groups excluding carboxylic acids is 1. The molecule has 1 heterocycles. The summed E-state index contributed by atoms with van der Waals surface area (Å²) in [6.07, 6.45) is 2.25. The third-order valence-corrected chi connectivity index (χ3v) is 2.49. The summed E-state index contributed by atoms with van der Waals surface area (Å²) in [5, 5.41) is 21.7. The molecule has 0 aliphatic carbocycles. The van der Waals surface area contributed by atoms with Crippen LogP contribution in [0.4, 0.5) is 0 Å². The normalized spacial score (nSPS) is 12.1. The van der Waals surface area contributed by atoms with Gasteiger partial charge >= 0.3 is 5.97 Å². The predicted octanol–water partition coefficient (Wildman–Crippen LogP) is -0.519. The molecule has 106 valence electrons. The number of carboxylic acid groups (broad SMARTS) is 1. The van der Waals surface area contributed by atoms with Crippen molar-refractivity contribution in [2.24, 2.45) is 0 Å². The number of amides is 1. The van der Waals surface area contributed by atoms with Crippen molar-refractivity contribution >= 4 is 11.9 Å². The molecule has 0 radical (unpaired) electrons. The quantitative estimate of drug-likeness (QED) is 0.586. The van der Waals surface area contributed by atoms with Gasteiger partial charge in [0.25, 0.3) is 0 Å². The van der Waals surface area contributed by atoms with Crippen LogP contribution in [0.1, 0.15) is 30.8 Å². The van der Waals surface area contributed by atoms with Gasteiger partial charge in [0.1, 0.15) is 0 Å². The Morgan fingerprint density at radius 1 is 1.47 bits per heavy atom. The molecule has 1 rings (SSSR count). The van der Waals surface area contributed by atoms with E-state index < -0.39 is 5.97 Å². The Morgan fingerprint density at radius 2 is 2.21 bits per heavy atom. The van der Waals surface area contributed by atoms with E-state index in [1.807, 2.05) is 6.92 Å². The molecular weight excluding hydrogens is 250 g/mol. The second kappa shape index (κ2) is 7.47. The van der Waals surface area contributed by atoms with Crippen molar-refractivity contribution in [2.75, 3.05) is 13.1 Å². The number of rotatable bonds is 8. The zero-order valence-corrected chi connectivity index (χ0v) is 11.1. The Hall–Kier alpha value is -1.96. The molecule has 8 heteroatoms. The minimum Gasteiger partial charge on any atom is -0.476 e. The molecule has 0 aliphatic heterocycles. The van der Waals surface area contributed by atoms with Gasteiger partial charge in [0.2, 0.25) is 5.91 Å². The lowest BCUT2D eigenvalue weighted by Gasteiger charge is -2.13. The summed E-state index contributed by atoms with van der Waals surface area (Å²) in [6.45, 7) is 5.38. The molecule has 0 saturated carbocycles. The van der Waals surface area contributed by atoms with Crippen LogP contribution in [0.15, 0.2) is 6.20 Å². The van der Waals surface area contributed by atoms with Gasteiger partial charge in [0.15, 0.2) is 5.69 Å². The number of nitrogens with zero attached hydrogens (tertiary/aromatic N) is 3. The highest BCUT2D eigenvalue weighted by Gasteiger charge is 2.11. The van der Waals surface area contributed by atoms with Crippen molar-refractivity contribution in [3.8, 4) is 0 Å². The molecule has 0 aromatic carbocycles. The summed E-state index contributed by atoms with van der Waals surface area (Å²) in [5.41, 5.74) is -0.0891. The van der Waals surface area contributed by atoms with E-state index in [-0.39, 0.29) is 17.6 Å². The molecule has 1 atom stereocenters. The Labute approximate surface area is 111 Å². The molecule has 0 spiro atoms. The van der Waals surface area contributed by atoms with Gasteiger partial charge in [0, 0.05) is 13.1 Å². The topological polar surface area (TPSA) is 109 Å². The SMILES string of the molecule is CCCNC(=O)C(C)NCCn1cc(C(=O)O)nn1. The van der Waals surface area contributed by atoms with E-state index in [0.717, 1.165) is 6.42 Å². The first-order chi connectivity index (χ1) is 9.04. The van der Waals surface area contributed by atoms with Gasteiger partial charge in [-0.2, -0.15) is 0 Å². The maximum Gasteiger partial charge on any atom is 0.358 e. The van der Waals surface area contributed by atoms with Gasteiger partial charge in [-0.1, -0.05) is 12.1 Å². The second-order valence-corrected chi connectivity index (χ2v) is 4.14. The first kappa shape index (κ1) is 15.1. The molecule has 0 fully saturated rings. The van der Waals surface area contributed by atoms with Gasteiger partial charge in [-0.25, -0.2) is 4.79 Å². The van der Waals surface area contributed by atoms with E-state index in [2.05, 4.69) is 20.9 Å². The largest absolute Gasteiger partial charge is 0.476 e. The molecule has 3 N–H and O–H groups in total. The van der Waals surface area contributed by atoms with E-state index >= 15 is 0 Å². The molecule has 0 saturated heterocycles. The maximum absolute atomic E-state index is 11.6. The maximum atomic E-state index is 11.6. The highest BCUT2D eigenvalue weighted by Crippen LogP contribution is 1.92. The highest BCUT2D eigenvalue weighted by molar-refractivity contribution is 5.84. The van der Waals surface area contributed by atoms with Crippen LogP contribution >= 0.6 is 0 Å². The predicted molar refractivity (Wildman–Crippen MR) is 67.7 cm³/mol. The molecule has 8 nitrogen and oxygen atoms in total. The number of carbonyl (C=O) groups is 2. The van der Waals surface area contributed by atoms with Gasteiger partial charge in [-0.05, 0) is 13.3 Å². The standard InChI is InChI=1S/C11H19N5O3/c1-3-4-13-10(17)8(2)12-5-6-16-7-9(11(18)19)14-15-16/h7-8,12H,3-6H2,1-2H3,(H,13,17)(H,18,19). The molecule has 0 bridgehead atoms. The highest BCUT2D eigenvalue weighted by atomic mass is 16.4. The third kappa shape index (κ3) is 5.04. The summed E-state index contributed by atoms with van der Waals surface area (Å²) in [7, 11) is 0. The summed E-state index contributed by atoms with van der Waals surface area (Å²) in [4.78, 5) is 22.2. The molecule has 1 amide bonds. The minimum absolute atomic E-state index is 0.0494. The van der Waals surface area contributed by atoms with Crippen LogP contribution < -0.4 is 10.6 Å². The Morgan fingerprint density at radius 3 is 2.79 bits per heavy atom. The van der Waals surface area contributed by atoms with Crippen LogP contribution in [0, 0.1) is 0 Å². The smallest absolute Gasteiger partial charge is 0.358 e. The fraction of sp³-hybridized carbons (Fsp3) is 0.636. The summed E-state index contributed by atoms with van der Waals surface area (Å²) in [6, 6.07) is -0.297. The lowest BCUT2D eigenvalue weighted by molar-refractivity contribution is -0.122. The number of nitrogens with one attached hydrogen (secondary N) is 2. The lowest BCUT2D eigenvalue weighted by Crippen LogP contribution is -2.43. The van der Waals surface area contributed by atoms with E-state index in [4.69, 9.17) is 5.11 Å². The lowest BCUT2D eigenvalue weighted by atomic mass is 10.3. The monoisotopic (exact) mass is 269 g/mol. The van der Waals surface area contributed by atoms with Crippen molar-refractivity contribution < 1.29 is 14.7 Å². The number of aromatic nitrogens is 3. The van der Waals surface area contributed by atoms with Crippen molar-refractivity contribution in [1.82, 2.24) is 25.6 Å². The average Bonchev–Trinajstić information content (AvgIpc) is 2.84. The molecule has 19 heavy (non-hydrogen) atoms. The van der Waals surface area contributed by atoms with E-state index in [1.165, 1.54) is 10.9 Å². The van der Waals surface area contributed by atoms with Crippen LogP contribution in [0.2, 0.25) is 0 Å². The first-order valence-corrected chi connectivity index (χ1v) is 6.19. The second-order valence-electron chi connectivity index (χ2n) is 4.14. The summed E-state index contributed by atoms with van der Waals surface area (Å²) in [5.74, 6) is -1.15. The fourth-order valence-corrected chi connectivity index (χ4v) is 1.40. The zero-order valence-electron chi connectivity index (χ0n) is 11.1. The molecule has 0 aliphatic rings. The van der Waals surface area contributed by atoms with Gasteiger partial charge in [0.05, 0.1) is 18.8 Å². The van der Waals surface area contributed by atoms with Crippen LogP contribution in [-0.2, 0) is 11.3 Å². The molecule has 1 aromatic rings. The van der Waals surface area contributed by atoms with Gasteiger partial charge in [-0.3, -0.25) is 9.48 Å². The zero-order chi connectivity index (χ0) is 14.3. The van der Waals surface area contributed by atoms with Gasteiger partial charge < -0.3 is 15.7 Å². The summed E-state index contributed by atoms with van der Waals surface area (Å²) < 4.78 is 1.42. The van der Waals surface area contributed by atoms with Gasteiger partial charge in [-0.15, -0.1) is 5.10 Å². The van der Waals surface area contributed by atoms with E-state index in [9.17, 15) is 9.59 Å². The first-order valence-electron chi connectivity index (χ1n) is 6.19. The number of carboxylic acids is 1. The summed E-state index contributed by atoms with van der Waals surface area (Å²) >= 11 is 0. The van der Waals surface area contributed by atoms with Crippen LogP contribution in [0.5, 0.6) is 0 Å². The van der Waals surface area contributed by atoms with E-state index in [0.29, 0.717) is 19.6 Å². The van der Waals surface area contributed by atoms with Crippen LogP contribution in [-0.4, -0.2) is 51.1 Å². The van der Waals surface area contributed by atoms with Crippen molar-refractivity contribution in [2.45, 2.75) is 32.9 Å². The van der Waals surface area contributed by atoms with Crippen molar-refractivity contribution in [3.63, 3.8) is 0 Å². The minimum atomic E-state index is -1.11. The number of hydrogen-bond donors (Lipinski definition) is 3. The Balaban J connectivity index is 2.29. The van der Waals surface area contributed by atoms with Crippen LogP contribution in [0.25, 0.3) is 0 Å². The van der Waals surface area contributed by atoms with Crippen molar-refractivity contribution in [3.05, 3.63) is 11.9 Å². The molecule has 1 aromatic heterocycles. The third-order valence-electron chi connectivity index (χ3n) is 2.49. The Bertz CT molecular complexity index is 432.